The van der Waals surface area contributed by atoms with Crippen LogP contribution in [0.4, 0.5) is 11.4 Å². The molecule has 0 spiro atoms. The largest absolute Gasteiger partial charge is 0.497 e. The number of amides is 3. The van der Waals surface area contributed by atoms with Crippen molar-refractivity contribution in [1.29, 1.82) is 0 Å². The third-order valence-electron chi connectivity index (χ3n) is 7.36. The quantitative estimate of drug-likeness (QED) is 0.0931. The van der Waals surface area contributed by atoms with E-state index in [1.807, 2.05) is 73.7 Å². The van der Waals surface area contributed by atoms with Gasteiger partial charge in [0.25, 0.3) is 11.8 Å². The summed E-state index contributed by atoms with van der Waals surface area (Å²) in [5, 5.41) is 8.16. The minimum absolute atomic E-state index is 0.00477. The average Bonchev–Trinajstić information content (AvgIpc) is 3.12. The molecule has 0 bridgehead atoms. The Labute approximate surface area is 284 Å². The van der Waals surface area contributed by atoms with E-state index in [1.165, 1.54) is 18.9 Å². The Hall–Kier alpha value is -5.80. The van der Waals surface area contributed by atoms with Crippen LogP contribution in [-0.2, 0) is 9.59 Å². The second kappa shape index (κ2) is 16.2. The first-order valence-electron chi connectivity index (χ1n) is 15.1. The fraction of sp³-hybridized carbons (Fsp3) is 0.103. The number of hydrogen-bond acceptors (Lipinski definition) is 6. The zero-order valence-corrected chi connectivity index (χ0v) is 27.5. The fourth-order valence-corrected chi connectivity index (χ4v) is 5.91. The van der Waals surface area contributed by atoms with E-state index < -0.39 is 17.1 Å². The third-order valence-corrected chi connectivity index (χ3v) is 8.61. The summed E-state index contributed by atoms with van der Waals surface area (Å²) in [4.78, 5) is 41.3. The Morgan fingerprint density at radius 3 is 2.15 bits per heavy atom. The van der Waals surface area contributed by atoms with Gasteiger partial charge in [-0.25, -0.2) is 0 Å². The third kappa shape index (κ3) is 8.71. The second-order valence-corrected chi connectivity index (χ2v) is 11.9. The lowest BCUT2D eigenvalue weighted by Gasteiger charge is -2.18. The van der Waals surface area contributed by atoms with Gasteiger partial charge in [0, 0.05) is 33.5 Å². The van der Waals surface area contributed by atoms with Crippen molar-refractivity contribution in [2.75, 3.05) is 24.9 Å². The number of anilines is 2. The first-order valence-corrected chi connectivity index (χ1v) is 16.0. The van der Waals surface area contributed by atoms with E-state index in [9.17, 15) is 14.4 Å². The zero-order valence-electron chi connectivity index (χ0n) is 26.7. The predicted octanol–water partition coefficient (Wildman–Crippen LogP) is 7.89. The summed E-state index contributed by atoms with van der Waals surface area (Å²) in [6.45, 7) is 1.95. The van der Waals surface area contributed by atoms with Crippen LogP contribution in [0.3, 0.4) is 0 Å². The van der Waals surface area contributed by atoms with Crippen LogP contribution < -0.4 is 25.4 Å². The molecule has 242 valence electrons. The van der Waals surface area contributed by atoms with Gasteiger partial charge in [0.1, 0.15) is 22.4 Å². The Bertz CT molecular complexity index is 1930. The van der Waals surface area contributed by atoms with Crippen molar-refractivity contribution < 1.29 is 23.9 Å². The molecule has 8 nitrogen and oxygen atoms in total. The van der Waals surface area contributed by atoms with E-state index in [-0.39, 0.29) is 11.6 Å². The van der Waals surface area contributed by atoms with Crippen molar-refractivity contribution in [1.82, 2.24) is 5.32 Å². The first kappa shape index (κ1) is 33.6. The van der Waals surface area contributed by atoms with E-state index in [2.05, 4.69) is 16.0 Å². The van der Waals surface area contributed by atoms with Gasteiger partial charge in [-0.15, -0.1) is 11.8 Å². The summed E-state index contributed by atoms with van der Waals surface area (Å²) in [6, 6.07) is 38.2. The van der Waals surface area contributed by atoms with Gasteiger partial charge in [0.05, 0.1) is 14.2 Å². The number of benzene rings is 5. The molecule has 5 rings (SSSR count). The molecule has 0 heterocycles. The smallest absolute Gasteiger partial charge is 0.272 e. The summed E-state index contributed by atoms with van der Waals surface area (Å²) in [5.41, 5.74) is 3.99. The zero-order chi connectivity index (χ0) is 33.9. The van der Waals surface area contributed by atoms with E-state index >= 15 is 0 Å². The van der Waals surface area contributed by atoms with Gasteiger partial charge < -0.3 is 25.4 Å². The average molecular weight is 658 g/mol. The first-order chi connectivity index (χ1) is 23.3. The summed E-state index contributed by atoms with van der Waals surface area (Å²) >= 11 is 1.37. The summed E-state index contributed by atoms with van der Waals surface area (Å²) < 4.78 is 10.8. The highest BCUT2D eigenvalue weighted by Gasteiger charge is 2.23. The van der Waals surface area contributed by atoms with Crippen molar-refractivity contribution in [2.24, 2.45) is 0 Å². The molecule has 0 saturated carbocycles. The number of carbonyl (C=O) groups is 3. The fourth-order valence-electron chi connectivity index (χ4n) is 4.83. The van der Waals surface area contributed by atoms with Crippen LogP contribution in [0.2, 0.25) is 0 Å². The molecule has 0 saturated heterocycles. The topological polar surface area (TPSA) is 106 Å². The number of aryl methyl sites for hydroxylation is 1. The van der Waals surface area contributed by atoms with Crippen molar-refractivity contribution in [3.05, 3.63) is 155 Å². The van der Waals surface area contributed by atoms with Crippen molar-refractivity contribution in [2.45, 2.75) is 17.1 Å². The summed E-state index contributed by atoms with van der Waals surface area (Å²) in [7, 11) is 3.07. The van der Waals surface area contributed by atoms with Gasteiger partial charge in [0.15, 0.2) is 0 Å². The molecule has 5 aromatic carbocycles. The van der Waals surface area contributed by atoms with Crippen LogP contribution in [0.15, 0.2) is 138 Å². The van der Waals surface area contributed by atoms with Crippen molar-refractivity contribution in [3.8, 4) is 11.5 Å². The minimum atomic E-state index is -0.570. The SMILES string of the molecule is COc1ccc(/C=C(/NC(=O)c2ccccc2)C(=O)Nc2cccc(SC(C(=O)Nc3ccccc3C)c3ccccc3)c2)c(OC)c1. The standard InChI is InChI=1S/C39H35N3O5S/c1-26-13-10-11-20-33(26)41-39(45)36(27-14-6-4-7-15-27)48-32-19-12-18-30(24-32)40-38(44)34(42-37(43)28-16-8-5-9-17-28)23-29-21-22-31(46-2)25-35(29)47-3/h4-25,36H,1-3H3,(H,40,44)(H,41,45)(H,42,43)/b34-23+. The minimum Gasteiger partial charge on any atom is -0.497 e. The molecule has 0 radical (unpaired) electrons. The van der Waals surface area contributed by atoms with Crippen LogP contribution in [0.5, 0.6) is 11.5 Å². The van der Waals surface area contributed by atoms with Crippen LogP contribution in [0.25, 0.3) is 6.08 Å². The molecule has 0 aliphatic carbocycles. The molecular formula is C39H35N3O5S. The number of carbonyl (C=O) groups excluding carboxylic acids is 3. The lowest BCUT2D eigenvalue weighted by Crippen LogP contribution is -2.30. The maximum absolute atomic E-state index is 13.8. The Kier molecular flexibility index (Phi) is 11.3. The van der Waals surface area contributed by atoms with Gasteiger partial charge in [-0.05, 0) is 72.7 Å². The molecule has 0 aromatic heterocycles. The normalized spacial score (nSPS) is 11.6. The van der Waals surface area contributed by atoms with E-state index in [0.29, 0.717) is 28.3 Å². The molecular weight excluding hydrogens is 623 g/mol. The highest BCUT2D eigenvalue weighted by Crippen LogP contribution is 2.37. The van der Waals surface area contributed by atoms with E-state index in [0.717, 1.165) is 21.7 Å². The number of nitrogens with one attached hydrogen (secondary N) is 3. The van der Waals surface area contributed by atoms with Gasteiger partial charge >= 0.3 is 0 Å². The van der Waals surface area contributed by atoms with Gasteiger partial charge in [-0.1, -0.05) is 72.8 Å². The van der Waals surface area contributed by atoms with E-state index in [4.69, 9.17) is 9.47 Å². The Balaban J connectivity index is 1.41. The van der Waals surface area contributed by atoms with Gasteiger partial charge in [-0.3, -0.25) is 14.4 Å². The number of hydrogen-bond donors (Lipinski definition) is 3. The van der Waals surface area contributed by atoms with E-state index in [1.54, 1.807) is 73.8 Å². The van der Waals surface area contributed by atoms with Crippen molar-refractivity contribution in [3.63, 3.8) is 0 Å². The molecule has 1 atom stereocenters. The lowest BCUT2D eigenvalue weighted by molar-refractivity contribution is -0.116. The summed E-state index contributed by atoms with van der Waals surface area (Å²) in [5.74, 6) is -0.116. The molecule has 5 aromatic rings. The maximum atomic E-state index is 13.8. The van der Waals surface area contributed by atoms with Crippen LogP contribution in [-0.4, -0.2) is 31.9 Å². The Morgan fingerprint density at radius 1 is 0.729 bits per heavy atom. The highest BCUT2D eigenvalue weighted by molar-refractivity contribution is 8.00. The molecule has 0 fully saturated rings. The number of para-hydroxylation sites is 1. The van der Waals surface area contributed by atoms with Crippen LogP contribution in [0.1, 0.15) is 32.3 Å². The van der Waals surface area contributed by atoms with Gasteiger partial charge in [-0.2, -0.15) is 0 Å². The number of ether oxygens (including phenoxy) is 2. The molecule has 48 heavy (non-hydrogen) atoms. The van der Waals surface area contributed by atoms with Crippen LogP contribution in [0, 0.1) is 6.92 Å². The molecule has 0 aliphatic heterocycles. The van der Waals surface area contributed by atoms with Gasteiger partial charge in [0.2, 0.25) is 5.91 Å². The lowest BCUT2D eigenvalue weighted by atomic mass is 10.1. The van der Waals surface area contributed by atoms with Crippen molar-refractivity contribution >= 4 is 46.9 Å². The molecule has 0 aliphatic rings. The Morgan fingerprint density at radius 2 is 1.44 bits per heavy atom. The number of thioether (sulfide) groups is 1. The summed E-state index contributed by atoms with van der Waals surface area (Å²) in [6.07, 6.45) is 1.55. The molecule has 3 amide bonds. The molecule has 1 unspecified atom stereocenters. The maximum Gasteiger partial charge on any atom is 0.272 e. The second-order valence-electron chi connectivity index (χ2n) is 10.7. The molecule has 9 heteroatoms. The monoisotopic (exact) mass is 657 g/mol. The number of methoxy groups -OCH3 is 2. The predicted molar refractivity (Wildman–Crippen MR) is 191 cm³/mol. The highest BCUT2D eigenvalue weighted by atomic mass is 32.2. The molecule has 3 N–H and O–H groups in total. The number of rotatable bonds is 12. The van der Waals surface area contributed by atoms with Crippen LogP contribution >= 0.6 is 11.8 Å².